The Morgan fingerprint density at radius 1 is 1.00 bits per heavy atom. The van der Waals surface area contributed by atoms with E-state index in [0.29, 0.717) is 11.7 Å². The van der Waals surface area contributed by atoms with Crippen molar-refractivity contribution in [1.29, 1.82) is 0 Å². The van der Waals surface area contributed by atoms with Crippen LogP contribution in [0.4, 0.5) is 0 Å². The van der Waals surface area contributed by atoms with Gasteiger partial charge in [0.05, 0.1) is 6.10 Å². The molecule has 0 atom stereocenters. The van der Waals surface area contributed by atoms with Crippen molar-refractivity contribution in [2.75, 3.05) is 0 Å². The molecule has 32 heavy (non-hydrogen) atoms. The summed E-state index contributed by atoms with van der Waals surface area (Å²) in [7, 11) is -8.79. The molecule has 0 aliphatic heterocycles. The molecule has 1 saturated carbocycles. The maximum atomic E-state index is 12.8. The molecule has 0 radical (unpaired) electrons. The number of primary sulfonamides is 1. The predicted octanol–water partition coefficient (Wildman–Crippen LogP) is 3.29. The molecule has 1 aliphatic carbocycles. The van der Waals surface area contributed by atoms with Crippen molar-refractivity contribution in [3.8, 4) is 5.75 Å². The Bertz CT molecular complexity index is 1200. The predicted molar refractivity (Wildman–Crippen MR) is 120 cm³/mol. The molecule has 0 spiro atoms. The van der Waals surface area contributed by atoms with Gasteiger partial charge in [-0.2, -0.15) is 0 Å². The van der Waals surface area contributed by atoms with Gasteiger partial charge in [0.2, 0.25) is 10.0 Å². The number of hydrogen-bond donors (Lipinski definition) is 2. The smallest absolute Gasteiger partial charge is 0.265 e. The second-order valence-corrected chi connectivity index (χ2v) is 11.4. The average Bonchev–Trinajstić information content (AvgIpc) is 2.73. The molecule has 0 unspecified atom stereocenters. The molecule has 1 aliphatic rings. The molecule has 3 N–H and O–H groups in total. The van der Waals surface area contributed by atoms with Gasteiger partial charge in [-0.1, -0.05) is 37.5 Å². The lowest BCUT2D eigenvalue weighted by Gasteiger charge is -2.25. The van der Waals surface area contributed by atoms with Crippen LogP contribution in [-0.4, -0.2) is 28.8 Å². The third-order valence-electron chi connectivity index (χ3n) is 5.36. The number of carbonyl (C=O) groups excluding carboxylic acids is 1. The van der Waals surface area contributed by atoms with Crippen LogP contribution in [-0.2, 0) is 20.0 Å². The molecule has 0 saturated heterocycles. The van der Waals surface area contributed by atoms with Gasteiger partial charge in [0, 0.05) is 5.56 Å². The molecule has 174 valence electrons. The lowest BCUT2D eigenvalue weighted by Crippen LogP contribution is -2.32. The summed E-state index contributed by atoms with van der Waals surface area (Å²) in [5.74, 6) is -0.000103. The van der Waals surface area contributed by atoms with Crippen molar-refractivity contribution in [3.63, 3.8) is 0 Å². The number of nitrogens with two attached hydrogens (primary N) is 1. The van der Waals surface area contributed by atoms with Gasteiger partial charge >= 0.3 is 0 Å². The second-order valence-electron chi connectivity index (χ2n) is 8.18. The maximum absolute atomic E-state index is 12.8. The molecule has 0 bridgehead atoms. The monoisotopic (exact) mass is 480 g/mol. The Labute approximate surface area is 189 Å². The van der Waals surface area contributed by atoms with Crippen molar-refractivity contribution in [3.05, 3.63) is 53.6 Å². The quantitative estimate of drug-likeness (QED) is 0.625. The number of nitrogens with one attached hydrogen (secondary N) is 1. The van der Waals surface area contributed by atoms with Gasteiger partial charge in [-0.05, 0) is 62.4 Å². The summed E-state index contributed by atoms with van der Waals surface area (Å²) in [6.07, 6.45) is 5.43. The first kappa shape index (κ1) is 24.2. The standard InChI is InChI=1S/C22H28N2O6S2/c1-15(2)30-19-14-17(12-13-18(19)16-8-4-3-5-9-16)22(25)24-32(28,29)21-11-7-6-10-20(21)31(23,26)27/h6-7,10-16H,3-5,8-9H2,1-2H3,(H,24,25)(H2,23,26,27). The summed E-state index contributed by atoms with van der Waals surface area (Å²) in [6.45, 7) is 3.76. The van der Waals surface area contributed by atoms with Gasteiger partial charge in [-0.3, -0.25) is 4.79 Å². The zero-order valence-electron chi connectivity index (χ0n) is 18.1. The minimum atomic E-state index is -4.49. The lowest BCUT2D eigenvalue weighted by atomic mass is 9.83. The number of ether oxygens (including phenoxy) is 1. The zero-order valence-corrected chi connectivity index (χ0v) is 19.7. The Balaban J connectivity index is 1.92. The largest absolute Gasteiger partial charge is 0.491 e. The van der Waals surface area contributed by atoms with E-state index in [1.807, 2.05) is 24.6 Å². The summed E-state index contributed by atoms with van der Waals surface area (Å²) in [5.41, 5.74) is 1.11. The molecule has 2 aromatic carbocycles. The number of sulfonamides is 2. The van der Waals surface area contributed by atoms with E-state index in [1.54, 1.807) is 12.1 Å². The molecular weight excluding hydrogens is 452 g/mol. The fourth-order valence-corrected chi connectivity index (χ4v) is 6.28. The highest BCUT2D eigenvalue weighted by atomic mass is 32.2. The van der Waals surface area contributed by atoms with Crippen molar-refractivity contribution >= 4 is 26.0 Å². The molecular formula is C22H28N2O6S2. The van der Waals surface area contributed by atoms with E-state index >= 15 is 0 Å². The number of amides is 1. The van der Waals surface area contributed by atoms with Crippen LogP contribution in [0.25, 0.3) is 0 Å². The Morgan fingerprint density at radius 3 is 2.22 bits per heavy atom. The van der Waals surface area contributed by atoms with Crippen LogP contribution in [0.3, 0.4) is 0 Å². The van der Waals surface area contributed by atoms with Crippen LogP contribution >= 0.6 is 0 Å². The van der Waals surface area contributed by atoms with Gasteiger partial charge < -0.3 is 4.74 Å². The van der Waals surface area contributed by atoms with Crippen LogP contribution in [0, 0.1) is 0 Å². The first-order valence-corrected chi connectivity index (χ1v) is 13.5. The van der Waals surface area contributed by atoms with Crippen LogP contribution in [0.5, 0.6) is 5.75 Å². The summed E-state index contributed by atoms with van der Waals surface area (Å²) in [6, 6.07) is 9.76. The molecule has 8 nitrogen and oxygen atoms in total. The second kappa shape index (κ2) is 9.60. The third-order valence-corrected chi connectivity index (χ3v) is 7.84. The van der Waals surface area contributed by atoms with Gasteiger partial charge in [0.25, 0.3) is 15.9 Å². The fraction of sp³-hybridized carbons (Fsp3) is 0.409. The van der Waals surface area contributed by atoms with Gasteiger partial charge in [0.1, 0.15) is 15.5 Å². The Hall–Kier alpha value is -2.43. The molecule has 3 rings (SSSR count). The summed E-state index contributed by atoms with van der Waals surface area (Å²) in [5, 5.41) is 5.13. The van der Waals surface area contributed by atoms with Crippen molar-refractivity contribution in [2.24, 2.45) is 5.14 Å². The molecule has 1 amide bonds. The molecule has 0 heterocycles. The normalized spacial score (nSPS) is 15.5. The van der Waals surface area contributed by atoms with Crippen LogP contribution in [0.2, 0.25) is 0 Å². The van der Waals surface area contributed by atoms with Crippen molar-refractivity contribution < 1.29 is 26.4 Å². The van der Waals surface area contributed by atoms with Crippen molar-refractivity contribution in [1.82, 2.24) is 4.72 Å². The van der Waals surface area contributed by atoms with E-state index in [4.69, 9.17) is 9.88 Å². The zero-order chi connectivity index (χ0) is 23.5. The molecule has 0 aromatic heterocycles. The minimum absolute atomic E-state index is 0.0943. The number of hydrogen-bond acceptors (Lipinski definition) is 6. The van der Waals surface area contributed by atoms with Gasteiger partial charge in [-0.15, -0.1) is 0 Å². The van der Waals surface area contributed by atoms with Crippen molar-refractivity contribution in [2.45, 2.75) is 67.8 Å². The summed E-state index contributed by atoms with van der Waals surface area (Å²) < 4.78 is 57.0. The first-order chi connectivity index (χ1) is 15.0. The number of rotatable bonds is 7. The molecule has 10 heteroatoms. The van der Waals surface area contributed by atoms with Gasteiger partial charge in [-0.25, -0.2) is 26.7 Å². The van der Waals surface area contributed by atoms with E-state index in [1.165, 1.54) is 18.6 Å². The SMILES string of the molecule is CC(C)Oc1cc(C(=O)NS(=O)(=O)c2ccccc2S(N)(=O)=O)ccc1C1CCCCC1. The lowest BCUT2D eigenvalue weighted by molar-refractivity contribution is 0.0980. The summed E-state index contributed by atoms with van der Waals surface area (Å²) in [4.78, 5) is 11.6. The molecule has 2 aromatic rings. The first-order valence-electron chi connectivity index (χ1n) is 10.5. The maximum Gasteiger partial charge on any atom is 0.265 e. The van der Waals surface area contributed by atoms with E-state index < -0.39 is 35.7 Å². The van der Waals surface area contributed by atoms with E-state index in [9.17, 15) is 21.6 Å². The molecule has 1 fully saturated rings. The van der Waals surface area contributed by atoms with Gasteiger partial charge in [0.15, 0.2) is 0 Å². The fourth-order valence-electron chi connectivity index (χ4n) is 3.93. The Kier molecular flexibility index (Phi) is 7.26. The highest BCUT2D eigenvalue weighted by molar-refractivity contribution is 7.92. The number of carbonyl (C=O) groups is 1. The van der Waals surface area contributed by atoms with E-state index in [2.05, 4.69) is 0 Å². The highest BCUT2D eigenvalue weighted by Gasteiger charge is 2.27. The Morgan fingerprint density at radius 2 is 1.62 bits per heavy atom. The minimum Gasteiger partial charge on any atom is -0.491 e. The topological polar surface area (TPSA) is 133 Å². The van der Waals surface area contributed by atoms with E-state index in [0.717, 1.165) is 43.4 Å². The summed E-state index contributed by atoms with van der Waals surface area (Å²) >= 11 is 0. The van der Waals surface area contributed by atoms with Crippen LogP contribution in [0.1, 0.15) is 67.8 Å². The van der Waals surface area contributed by atoms with E-state index in [-0.39, 0.29) is 11.7 Å². The average molecular weight is 481 g/mol. The highest BCUT2D eigenvalue weighted by Crippen LogP contribution is 2.38. The van der Waals surface area contributed by atoms with Crippen LogP contribution in [0.15, 0.2) is 52.3 Å². The van der Waals surface area contributed by atoms with Crippen LogP contribution < -0.4 is 14.6 Å². The third kappa shape index (κ3) is 5.67. The number of benzene rings is 2.